The topological polar surface area (TPSA) is 71.8 Å². The largest absolute Gasteiger partial charge is 0.298 e. The fraction of sp³-hybridized carbons (Fsp3) is 0.294. The van der Waals surface area contributed by atoms with Crippen LogP contribution in [-0.4, -0.2) is 32.1 Å². The van der Waals surface area contributed by atoms with E-state index in [2.05, 4.69) is 46.9 Å². The van der Waals surface area contributed by atoms with Gasteiger partial charge in [0.2, 0.25) is 11.1 Å². The molecule has 0 aliphatic heterocycles. The van der Waals surface area contributed by atoms with Crippen LogP contribution >= 0.6 is 24.0 Å². The minimum absolute atomic E-state index is 0.183. The summed E-state index contributed by atoms with van der Waals surface area (Å²) in [6, 6.07) is 8.10. The van der Waals surface area contributed by atoms with Gasteiger partial charge in [0, 0.05) is 6.08 Å². The lowest BCUT2D eigenvalue weighted by Crippen LogP contribution is -2.37. The molecule has 0 spiro atoms. The molecule has 1 amide bonds. The molecule has 0 saturated carbocycles. The Morgan fingerprint density at radius 3 is 2.56 bits per heavy atom. The molecule has 6 nitrogen and oxygen atoms in total. The zero-order chi connectivity index (χ0) is 18.4. The van der Waals surface area contributed by atoms with E-state index in [0.29, 0.717) is 16.9 Å². The third kappa shape index (κ3) is 5.40. The second-order valence-corrected chi connectivity index (χ2v) is 6.84. The molecule has 132 valence electrons. The number of amides is 1. The van der Waals surface area contributed by atoms with E-state index in [1.54, 1.807) is 17.7 Å². The summed E-state index contributed by atoms with van der Waals surface area (Å²) in [5, 5.41) is 11.4. The fourth-order valence-corrected chi connectivity index (χ4v) is 2.73. The number of carbonyl (C=O) groups excluding carboxylic acids is 1. The normalized spacial score (nSPS) is 11.1. The van der Waals surface area contributed by atoms with Gasteiger partial charge in [-0.15, -0.1) is 10.2 Å². The van der Waals surface area contributed by atoms with Crippen LogP contribution in [0.15, 0.2) is 35.5 Å². The van der Waals surface area contributed by atoms with E-state index in [-0.39, 0.29) is 11.0 Å². The first-order valence-corrected chi connectivity index (χ1v) is 9.40. The summed E-state index contributed by atoms with van der Waals surface area (Å²) in [4.78, 5) is 12.0. The van der Waals surface area contributed by atoms with Crippen LogP contribution in [0.4, 0.5) is 0 Å². The van der Waals surface area contributed by atoms with Crippen LogP contribution in [0.2, 0.25) is 0 Å². The van der Waals surface area contributed by atoms with Crippen molar-refractivity contribution in [2.75, 3.05) is 11.7 Å². The highest BCUT2D eigenvalue weighted by Crippen LogP contribution is 2.15. The van der Waals surface area contributed by atoms with E-state index >= 15 is 0 Å². The fourth-order valence-electron chi connectivity index (χ4n) is 2.05. The van der Waals surface area contributed by atoms with Gasteiger partial charge in [-0.1, -0.05) is 49.9 Å². The molecule has 0 radical (unpaired) electrons. The van der Waals surface area contributed by atoms with Gasteiger partial charge < -0.3 is 0 Å². The highest BCUT2D eigenvalue weighted by Gasteiger charge is 2.09. The van der Waals surface area contributed by atoms with Gasteiger partial charge in [-0.05, 0) is 48.5 Å². The highest BCUT2D eigenvalue weighted by atomic mass is 32.2. The molecule has 1 heterocycles. The maximum Gasteiger partial charge on any atom is 0.250 e. The molecule has 2 aromatic rings. The van der Waals surface area contributed by atoms with Gasteiger partial charge in [0.05, 0.1) is 0 Å². The molecular weight excluding hydrogens is 354 g/mol. The summed E-state index contributed by atoms with van der Waals surface area (Å²) in [6.45, 7) is 6.09. The van der Waals surface area contributed by atoms with Crippen molar-refractivity contribution < 1.29 is 4.79 Å². The van der Waals surface area contributed by atoms with E-state index in [9.17, 15) is 4.79 Å². The van der Waals surface area contributed by atoms with E-state index in [1.807, 2.05) is 18.4 Å². The van der Waals surface area contributed by atoms with Crippen LogP contribution in [-0.2, 0) is 4.79 Å². The number of thioether (sulfide) groups is 1. The molecule has 0 atom stereocenters. The Bertz CT molecular complexity index is 781. The van der Waals surface area contributed by atoms with Crippen molar-refractivity contribution in [3.63, 3.8) is 0 Å². The summed E-state index contributed by atoms with van der Waals surface area (Å²) in [5.41, 5.74) is 5.12. The SMILES string of the molecule is CSc1nnc(C)n1NC(=S)NC(=O)/C=C/c1ccc(C(C)C)cc1. The second kappa shape index (κ2) is 8.77. The number of nitrogens with one attached hydrogen (secondary N) is 2. The predicted molar refractivity (Wildman–Crippen MR) is 106 cm³/mol. The molecule has 2 N–H and O–H groups in total. The van der Waals surface area contributed by atoms with Gasteiger partial charge in [0.25, 0.3) is 0 Å². The summed E-state index contributed by atoms with van der Waals surface area (Å²) in [6.07, 6.45) is 5.09. The van der Waals surface area contributed by atoms with Crippen LogP contribution in [0.1, 0.15) is 36.7 Å². The lowest BCUT2D eigenvalue weighted by atomic mass is 10.0. The molecule has 0 bridgehead atoms. The van der Waals surface area contributed by atoms with Crippen LogP contribution < -0.4 is 10.7 Å². The molecule has 0 aliphatic rings. The third-order valence-electron chi connectivity index (χ3n) is 3.46. The number of carbonyl (C=O) groups is 1. The Morgan fingerprint density at radius 2 is 1.96 bits per heavy atom. The number of nitrogens with zero attached hydrogens (tertiary/aromatic N) is 3. The Hall–Kier alpha value is -2.19. The van der Waals surface area contributed by atoms with Gasteiger partial charge in [-0.2, -0.15) is 0 Å². The average molecular weight is 376 g/mol. The van der Waals surface area contributed by atoms with Crippen molar-refractivity contribution in [1.82, 2.24) is 20.2 Å². The quantitative estimate of drug-likeness (QED) is 0.475. The van der Waals surface area contributed by atoms with Gasteiger partial charge in [0.15, 0.2) is 5.11 Å². The molecule has 0 unspecified atom stereocenters. The Balaban J connectivity index is 1.92. The maximum absolute atomic E-state index is 12.0. The maximum atomic E-state index is 12.0. The van der Waals surface area contributed by atoms with Gasteiger partial charge in [0.1, 0.15) is 5.82 Å². The zero-order valence-corrected chi connectivity index (χ0v) is 16.2. The standard InChI is InChI=1S/C17H21N5OS2/c1-11(2)14-8-5-13(6-9-14)7-10-15(23)18-16(24)21-22-12(3)19-20-17(22)25-4/h5-11H,1-4H3,(H2,18,21,23,24)/b10-7+. The monoisotopic (exact) mass is 375 g/mol. The minimum atomic E-state index is -0.304. The smallest absolute Gasteiger partial charge is 0.250 e. The molecule has 0 fully saturated rings. The van der Waals surface area contributed by atoms with E-state index in [4.69, 9.17) is 12.2 Å². The predicted octanol–water partition coefficient (Wildman–Crippen LogP) is 3.09. The number of hydrogen-bond donors (Lipinski definition) is 2. The summed E-state index contributed by atoms with van der Waals surface area (Å²) in [5.74, 6) is 0.834. The lowest BCUT2D eigenvalue weighted by Gasteiger charge is -2.11. The lowest BCUT2D eigenvalue weighted by molar-refractivity contribution is -0.115. The van der Waals surface area contributed by atoms with Gasteiger partial charge >= 0.3 is 0 Å². The van der Waals surface area contributed by atoms with Crippen LogP contribution in [0.25, 0.3) is 6.08 Å². The third-order valence-corrected chi connectivity index (χ3v) is 4.28. The molecule has 25 heavy (non-hydrogen) atoms. The van der Waals surface area contributed by atoms with Crippen LogP contribution in [0.5, 0.6) is 0 Å². The Labute approximate surface area is 157 Å². The van der Waals surface area contributed by atoms with E-state index in [1.165, 1.54) is 23.4 Å². The molecule has 0 saturated heterocycles. The number of aryl methyl sites for hydroxylation is 1. The summed E-state index contributed by atoms with van der Waals surface area (Å²) < 4.78 is 1.63. The van der Waals surface area contributed by atoms with E-state index in [0.717, 1.165) is 5.56 Å². The second-order valence-electron chi connectivity index (χ2n) is 5.65. The number of rotatable bonds is 5. The van der Waals surface area contributed by atoms with Crippen LogP contribution in [0.3, 0.4) is 0 Å². The van der Waals surface area contributed by atoms with Crippen molar-refractivity contribution in [2.24, 2.45) is 0 Å². The van der Waals surface area contributed by atoms with E-state index < -0.39 is 0 Å². The minimum Gasteiger partial charge on any atom is -0.298 e. The van der Waals surface area contributed by atoms with Crippen molar-refractivity contribution in [3.8, 4) is 0 Å². The zero-order valence-electron chi connectivity index (χ0n) is 14.6. The first kappa shape index (κ1) is 19.1. The first-order valence-electron chi connectivity index (χ1n) is 7.76. The van der Waals surface area contributed by atoms with Crippen molar-refractivity contribution in [1.29, 1.82) is 0 Å². The summed E-state index contributed by atoms with van der Waals surface area (Å²) >= 11 is 6.59. The number of aromatic nitrogens is 3. The number of hydrogen-bond acceptors (Lipinski definition) is 5. The highest BCUT2D eigenvalue weighted by molar-refractivity contribution is 7.98. The van der Waals surface area contributed by atoms with Crippen molar-refractivity contribution in [2.45, 2.75) is 31.8 Å². The number of thiocarbonyl (C=S) groups is 1. The number of benzene rings is 1. The molecule has 8 heteroatoms. The van der Waals surface area contributed by atoms with Gasteiger partial charge in [-0.3, -0.25) is 15.5 Å². The first-order chi connectivity index (χ1) is 11.9. The molecular formula is C17H21N5OS2. The van der Waals surface area contributed by atoms with Crippen LogP contribution in [0, 0.1) is 6.92 Å². The Kier molecular flexibility index (Phi) is 6.72. The Morgan fingerprint density at radius 1 is 1.28 bits per heavy atom. The molecule has 2 rings (SSSR count). The molecule has 0 aliphatic carbocycles. The van der Waals surface area contributed by atoms with Gasteiger partial charge in [-0.25, -0.2) is 4.68 Å². The van der Waals surface area contributed by atoms with Crippen molar-refractivity contribution in [3.05, 3.63) is 47.3 Å². The average Bonchev–Trinajstić information content (AvgIpc) is 2.93. The molecule has 1 aromatic carbocycles. The van der Waals surface area contributed by atoms with Crippen molar-refractivity contribution >= 4 is 41.1 Å². The summed E-state index contributed by atoms with van der Waals surface area (Å²) in [7, 11) is 0. The molecule has 1 aromatic heterocycles.